The average Bonchev–Trinajstić information content (AvgIpc) is 2.46. The SMILES string of the molecule is OB(O)c1nc2ccccc2nc1-c1ccccc1. The number of aromatic nitrogens is 2. The van der Waals surface area contributed by atoms with Crippen LogP contribution >= 0.6 is 0 Å². The van der Waals surface area contributed by atoms with Crippen molar-refractivity contribution in [3.63, 3.8) is 0 Å². The molecule has 5 heteroatoms. The van der Waals surface area contributed by atoms with Gasteiger partial charge < -0.3 is 10.0 Å². The maximum Gasteiger partial charge on any atom is 0.510 e. The van der Waals surface area contributed by atoms with Crippen LogP contribution in [0.5, 0.6) is 0 Å². The van der Waals surface area contributed by atoms with Gasteiger partial charge in [0.25, 0.3) is 0 Å². The van der Waals surface area contributed by atoms with E-state index in [1.54, 1.807) is 6.07 Å². The fraction of sp³-hybridized carbons (Fsp3) is 0. The molecule has 0 amide bonds. The van der Waals surface area contributed by atoms with Crippen LogP contribution < -0.4 is 5.59 Å². The Hall–Kier alpha value is -2.24. The Labute approximate surface area is 110 Å². The summed E-state index contributed by atoms with van der Waals surface area (Å²) in [6, 6.07) is 16.7. The van der Waals surface area contributed by atoms with Crippen LogP contribution in [0.4, 0.5) is 0 Å². The third-order valence-electron chi connectivity index (χ3n) is 2.89. The Morgan fingerprint density at radius 2 is 1.32 bits per heavy atom. The fourth-order valence-corrected chi connectivity index (χ4v) is 2.00. The van der Waals surface area contributed by atoms with Crippen molar-refractivity contribution >= 4 is 23.7 Å². The molecule has 0 atom stereocenters. The van der Waals surface area contributed by atoms with E-state index in [4.69, 9.17) is 0 Å². The lowest BCUT2D eigenvalue weighted by molar-refractivity contribution is 0.424. The molecule has 19 heavy (non-hydrogen) atoms. The maximum absolute atomic E-state index is 9.48. The summed E-state index contributed by atoms with van der Waals surface area (Å²) in [6.45, 7) is 0. The molecule has 1 heterocycles. The second kappa shape index (κ2) is 4.80. The molecule has 0 aliphatic rings. The average molecular weight is 250 g/mol. The van der Waals surface area contributed by atoms with Gasteiger partial charge in [0.1, 0.15) is 0 Å². The maximum atomic E-state index is 9.48. The van der Waals surface area contributed by atoms with Crippen LogP contribution in [-0.4, -0.2) is 27.1 Å². The smallest absolute Gasteiger partial charge is 0.422 e. The Kier molecular flexibility index (Phi) is 2.99. The number of fused-ring (bicyclic) bond motifs is 1. The van der Waals surface area contributed by atoms with Crippen LogP contribution in [0.3, 0.4) is 0 Å². The van der Waals surface area contributed by atoms with Crippen molar-refractivity contribution in [1.29, 1.82) is 0 Å². The van der Waals surface area contributed by atoms with Gasteiger partial charge in [-0.05, 0) is 12.1 Å². The molecule has 0 unspecified atom stereocenters. The van der Waals surface area contributed by atoms with Crippen LogP contribution in [0.1, 0.15) is 0 Å². The molecule has 0 bridgehead atoms. The van der Waals surface area contributed by atoms with E-state index in [9.17, 15) is 10.0 Å². The molecule has 0 saturated carbocycles. The lowest BCUT2D eigenvalue weighted by Crippen LogP contribution is -2.35. The van der Waals surface area contributed by atoms with E-state index in [1.807, 2.05) is 48.5 Å². The first-order valence-corrected chi connectivity index (χ1v) is 5.94. The molecule has 3 aromatic rings. The second-order valence-electron chi connectivity index (χ2n) is 4.19. The quantitative estimate of drug-likeness (QED) is 0.665. The zero-order valence-corrected chi connectivity index (χ0v) is 10.1. The summed E-state index contributed by atoms with van der Waals surface area (Å²) in [4.78, 5) is 8.77. The number of hydrogen-bond acceptors (Lipinski definition) is 4. The lowest BCUT2D eigenvalue weighted by Gasteiger charge is -2.09. The number of nitrogens with zero attached hydrogens (tertiary/aromatic N) is 2. The number of hydrogen-bond donors (Lipinski definition) is 2. The molecule has 92 valence electrons. The molecular formula is C14H11BN2O2. The van der Waals surface area contributed by atoms with E-state index >= 15 is 0 Å². The molecule has 0 aliphatic carbocycles. The second-order valence-corrected chi connectivity index (χ2v) is 4.19. The van der Waals surface area contributed by atoms with E-state index in [-0.39, 0.29) is 5.59 Å². The molecule has 1 aromatic heterocycles. The van der Waals surface area contributed by atoms with Crippen molar-refractivity contribution in [3.8, 4) is 11.3 Å². The van der Waals surface area contributed by atoms with Crippen LogP contribution in [0, 0.1) is 0 Å². The van der Waals surface area contributed by atoms with E-state index in [2.05, 4.69) is 9.97 Å². The topological polar surface area (TPSA) is 66.2 Å². The molecule has 2 aromatic carbocycles. The molecule has 0 saturated heterocycles. The Balaban J connectivity index is 2.30. The van der Waals surface area contributed by atoms with Crippen LogP contribution in [0.2, 0.25) is 0 Å². The normalized spacial score (nSPS) is 10.6. The zero-order chi connectivity index (χ0) is 13.2. The summed E-state index contributed by atoms with van der Waals surface area (Å²) >= 11 is 0. The third-order valence-corrected chi connectivity index (χ3v) is 2.89. The minimum atomic E-state index is -1.65. The van der Waals surface area contributed by atoms with E-state index in [1.165, 1.54) is 0 Å². The third kappa shape index (κ3) is 2.21. The fourth-order valence-electron chi connectivity index (χ4n) is 2.00. The van der Waals surface area contributed by atoms with E-state index in [0.29, 0.717) is 11.2 Å². The highest BCUT2D eigenvalue weighted by Gasteiger charge is 2.21. The standard InChI is InChI=1S/C14H11BN2O2/c18-15(19)14-13(10-6-2-1-3-7-10)16-11-8-4-5-9-12(11)17-14/h1-9,18-19H. The summed E-state index contributed by atoms with van der Waals surface area (Å²) < 4.78 is 0. The van der Waals surface area contributed by atoms with Crippen molar-refractivity contribution in [2.45, 2.75) is 0 Å². The highest BCUT2D eigenvalue weighted by molar-refractivity contribution is 6.59. The monoisotopic (exact) mass is 250 g/mol. The predicted molar refractivity (Wildman–Crippen MR) is 74.8 cm³/mol. The van der Waals surface area contributed by atoms with Gasteiger partial charge in [-0.2, -0.15) is 0 Å². The predicted octanol–water partition coefficient (Wildman–Crippen LogP) is 0.977. The summed E-state index contributed by atoms with van der Waals surface area (Å²) in [6.07, 6.45) is 0. The summed E-state index contributed by atoms with van der Waals surface area (Å²) in [5.41, 5.74) is 2.85. The van der Waals surface area contributed by atoms with Gasteiger partial charge in [0.05, 0.1) is 22.3 Å². The van der Waals surface area contributed by atoms with Crippen molar-refractivity contribution in [1.82, 2.24) is 9.97 Å². The lowest BCUT2D eigenvalue weighted by atomic mass is 9.82. The van der Waals surface area contributed by atoms with Gasteiger partial charge in [-0.3, -0.25) is 4.98 Å². The van der Waals surface area contributed by atoms with Gasteiger partial charge in [-0.25, -0.2) is 4.98 Å². The van der Waals surface area contributed by atoms with Crippen molar-refractivity contribution in [2.75, 3.05) is 0 Å². The first kappa shape index (κ1) is 11.8. The van der Waals surface area contributed by atoms with Gasteiger partial charge in [0, 0.05) is 5.56 Å². The van der Waals surface area contributed by atoms with Crippen LogP contribution in [0.15, 0.2) is 54.6 Å². The number of benzene rings is 2. The largest absolute Gasteiger partial charge is 0.510 e. The molecule has 2 N–H and O–H groups in total. The van der Waals surface area contributed by atoms with E-state index < -0.39 is 7.12 Å². The Morgan fingerprint density at radius 3 is 1.95 bits per heavy atom. The van der Waals surface area contributed by atoms with Crippen LogP contribution in [0.25, 0.3) is 22.3 Å². The van der Waals surface area contributed by atoms with Gasteiger partial charge in [0.15, 0.2) is 0 Å². The minimum absolute atomic E-state index is 0.171. The minimum Gasteiger partial charge on any atom is -0.422 e. The van der Waals surface area contributed by atoms with Crippen LogP contribution in [-0.2, 0) is 0 Å². The first-order chi connectivity index (χ1) is 9.25. The van der Waals surface area contributed by atoms with Gasteiger partial charge in [-0.15, -0.1) is 0 Å². The molecular weight excluding hydrogens is 239 g/mol. The molecule has 0 radical (unpaired) electrons. The number of para-hydroxylation sites is 2. The molecule has 3 rings (SSSR count). The highest BCUT2D eigenvalue weighted by atomic mass is 16.4. The zero-order valence-electron chi connectivity index (χ0n) is 10.1. The Bertz CT molecular complexity index is 717. The first-order valence-electron chi connectivity index (χ1n) is 5.94. The molecule has 0 fully saturated rings. The van der Waals surface area contributed by atoms with Gasteiger partial charge in [0.2, 0.25) is 0 Å². The van der Waals surface area contributed by atoms with Crippen molar-refractivity contribution in [3.05, 3.63) is 54.6 Å². The van der Waals surface area contributed by atoms with Gasteiger partial charge in [-0.1, -0.05) is 42.5 Å². The summed E-state index contributed by atoms with van der Waals surface area (Å²) in [5, 5.41) is 19.0. The Morgan fingerprint density at radius 1 is 0.737 bits per heavy atom. The molecule has 0 aliphatic heterocycles. The highest BCUT2D eigenvalue weighted by Crippen LogP contribution is 2.17. The van der Waals surface area contributed by atoms with Gasteiger partial charge >= 0.3 is 7.12 Å². The molecule has 4 nitrogen and oxygen atoms in total. The van der Waals surface area contributed by atoms with Crippen molar-refractivity contribution < 1.29 is 10.0 Å². The summed E-state index contributed by atoms with van der Waals surface area (Å²) in [5.74, 6) is 0. The number of rotatable bonds is 2. The molecule has 0 spiro atoms. The van der Waals surface area contributed by atoms with Crippen molar-refractivity contribution in [2.24, 2.45) is 0 Å². The van der Waals surface area contributed by atoms with E-state index in [0.717, 1.165) is 11.1 Å². The summed E-state index contributed by atoms with van der Waals surface area (Å²) in [7, 11) is -1.65.